The summed E-state index contributed by atoms with van der Waals surface area (Å²) in [6.45, 7) is 0.218. The number of carbonyl (C=O) groups is 4. The standard InChI is InChI=1S/C14H13N3O5/c18-11-4-3-10(12(19)16-11)17-6-7-5-8(15-14(21)22)1-2-9(7)13(17)20/h1-2,5,10,15H,3-4,6H2,(H,21,22)(H,16,18,19). The number of rotatable bonds is 2. The van der Waals surface area contributed by atoms with Gasteiger partial charge in [-0.25, -0.2) is 4.79 Å². The molecule has 3 rings (SSSR count). The monoisotopic (exact) mass is 303 g/mol. The van der Waals surface area contributed by atoms with E-state index < -0.39 is 18.0 Å². The highest BCUT2D eigenvalue weighted by atomic mass is 16.4. The molecule has 2 heterocycles. The summed E-state index contributed by atoms with van der Waals surface area (Å²) in [5, 5.41) is 13.2. The molecule has 0 saturated carbocycles. The molecule has 2 aliphatic rings. The zero-order chi connectivity index (χ0) is 15.9. The van der Waals surface area contributed by atoms with Crippen molar-refractivity contribution in [3.63, 3.8) is 0 Å². The third-order valence-corrected chi connectivity index (χ3v) is 3.77. The molecule has 22 heavy (non-hydrogen) atoms. The molecule has 1 saturated heterocycles. The molecule has 0 radical (unpaired) electrons. The second-order valence-electron chi connectivity index (χ2n) is 5.20. The van der Waals surface area contributed by atoms with Gasteiger partial charge in [-0.15, -0.1) is 0 Å². The molecule has 114 valence electrons. The maximum absolute atomic E-state index is 12.4. The highest BCUT2D eigenvalue weighted by Gasteiger charge is 2.39. The molecule has 1 unspecified atom stereocenters. The van der Waals surface area contributed by atoms with Gasteiger partial charge in [0.15, 0.2) is 0 Å². The number of fused-ring (bicyclic) bond motifs is 1. The van der Waals surface area contributed by atoms with E-state index in [-0.39, 0.29) is 24.8 Å². The van der Waals surface area contributed by atoms with E-state index in [0.29, 0.717) is 23.2 Å². The molecule has 8 heteroatoms. The molecule has 1 aromatic rings. The Kier molecular flexibility index (Phi) is 3.28. The van der Waals surface area contributed by atoms with Crippen LogP contribution in [0, 0.1) is 0 Å². The Bertz CT molecular complexity index is 700. The van der Waals surface area contributed by atoms with Crippen LogP contribution < -0.4 is 10.6 Å². The SMILES string of the molecule is O=C(O)Nc1ccc2c(c1)CN(C1CCC(=O)NC1=O)C2=O. The number of nitrogens with one attached hydrogen (secondary N) is 2. The maximum Gasteiger partial charge on any atom is 0.409 e. The van der Waals surface area contributed by atoms with Crippen LogP contribution in [0.4, 0.5) is 10.5 Å². The lowest BCUT2D eigenvalue weighted by molar-refractivity contribution is -0.136. The molecule has 0 bridgehead atoms. The number of anilines is 1. The Morgan fingerprint density at radius 1 is 1.32 bits per heavy atom. The van der Waals surface area contributed by atoms with Crippen molar-refractivity contribution in [2.75, 3.05) is 5.32 Å². The first-order chi connectivity index (χ1) is 10.5. The van der Waals surface area contributed by atoms with E-state index in [1.807, 2.05) is 0 Å². The minimum atomic E-state index is -1.19. The van der Waals surface area contributed by atoms with Gasteiger partial charge >= 0.3 is 6.09 Å². The van der Waals surface area contributed by atoms with E-state index in [1.165, 1.54) is 17.0 Å². The second kappa shape index (κ2) is 5.14. The fourth-order valence-corrected chi connectivity index (χ4v) is 2.78. The molecule has 2 aliphatic heterocycles. The van der Waals surface area contributed by atoms with Crippen LogP contribution in [-0.4, -0.2) is 39.9 Å². The summed E-state index contributed by atoms with van der Waals surface area (Å²) in [6, 6.07) is 3.94. The number of hydrogen-bond donors (Lipinski definition) is 3. The Morgan fingerprint density at radius 2 is 2.09 bits per heavy atom. The van der Waals surface area contributed by atoms with Gasteiger partial charge in [-0.05, 0) is 30.2 Å². The van der Waals surface area contributed by atoms with Gasteiger partial charge in [-0.3, -0.25) is 25.0 Å². The van der Waals surface area contributed by atoms with E-state index in [4.69, 9.17) is 5.11 Å². The number of piperidine rings is 1. The Balaban J connectivity index is 1.83. The molecule has 8 nitrogen and oxygen atoms in total. The number of benzene rings is 1. The van der Waals surface area contributed by atoms with Gasteiger partial charge in [-0.1, -0.05) is 0 Å². The smallest absolute Gasteiger partial charge is 0.409 e. The van der Waals surface area contributed by atoms with Gasteiger partial charge in [0, 0.05) is 24.2 Å². The van der Waals surface area contributed by atoms with Crippen molar-refractivity contribution in [2.45, 2.75) is 25.4 Å². The summed E-state index contributed by atoms with van der Waals surface area (Å²) < 4.78 is 0. The normalized spacial score (nSPS) is 20.6. The van der Waals surface area contributed by atoms with Crippen molar-refractivity contribution < 1.29 is 24.3 Å². The second-order valence-corrected chi connectivity index (χ2v) is 5.20. The number of hydrogen-bond acceptors (Lipinski definition) is 4. The van der Waals surface area contributed by atoms with Crippen molar-refractivity contribution in [1.82, 2.24) is 10.2 Å². The lowest BCUT2D eigenvalue weighted by Gasteiger charge is -2.29. The van der Waals surface area contributed by atoms with Crippen LogP contribution in [0.5, 0.6) is 0 Å². The van der Waals surface area contributed by atoms with Crippen LogP contribution in [0.15, 0.2) is 18.2 Å². The Morgan fingerprint density at radius 3 is 2.77 bits per heavy atom. The topological polar surface area (TPSA) is 116 Å². The summed E-state index contributed by atoms with van der Waals surface area (Å²) in [5.74, 6) is -1.09. The molecule has 1 aromatic carbocycles. The van der Waals surface area contributed by atoms with Crippen molar-refractivity contribution in [3.05, 3.63) is 29.3 Å². The average Bonchev–Trinajstić information content (AvgIpc) is 2.75. The quantitative estimate of drug-likeness (QED) is 0.689. The molecule has 1 atom stereocenters. The molecular weight excluding hydrogens is 290 g/mol. The average molecular weight is 303 g/mol. The van der Waals surface area contributed by atoms with Crippen LogP contribution in [-0.2, 0) is 16.1 Å². The molecular formula is C14H13N3O5. The van der Waals surface area contributed by atoms with Gasteiger partial charge in [0.2, 0.25) is 11.8 Å². The molecule has 3 N–H and O–H groups in total. The van der Waals surface area contributed by atoms with Crippen molar-refractivity contribution in [2.24, 2.45) is 0 Å². The predicted octanol–water partition coefficient (Wildman–Crippen LogP) is 0.537. The van der Waals surface area contributed by atoms with E-state index in [9.17, 15) is 19.2 Å². The zero-order valence-electron chi connectivity index (χ0n) is 11.5. The Labute approximate surface area is 125 Å². The minimum absolute atomic E-state index is 0.197. The number of carbonyl (C=O) groups excluding carboxylic acids is 3. The largest absolute Gasteiger partial charge is 0.465 e. The molecule has 0 aliphatic carbocycles. The number of imide groups is 1. The van der Waals surface area contributed by atoms with Gasteiger partial charge in [0.05, 0.1) is 0 Å². The van der Waals surface area contributed by atoms with Gasteiger partial charge < -0.3 is 10.0 Å². The molecule has 0 aromatic heterocycles. The maximum atomic E-state index is 12.4. The summed E-state index contributed by atoms with van der Waals surface area (Å²) in [7, 11) is 0. The first kappa shape index (κ1) is 14.1. The molecule has 4 amide bonds. The summed E-state index contributed by atoms with van der Waals surface area (Å²) in [4.78, 5) is 47.5. The zero-order valence-corrected chi connectivity index (χ0v) is 11.5. The fraction of sp³-hybridized carbons (Fsp3) is 0.286. The van der Waals surface area contributed by atoms with Crippen LogP contribution in [0.3, 0.4) is 0 Å². The van der Waals surface area contributed by atoms with E-state index in [2.05, 4.69) is 10.6 Å². The third-order valence-electron chi connectivity index (χ3n) is 3.77. The molecule has 1 fully saturated rings. The van der Waals surface area contributed by atoms with Crippen LogP contribution in [0.2, 0.25) is 0 Å². The number of carboxylic acid groups (broad SMARTS) is 1. The van der Waals surface area contributed by atoms with Gasteiger partial charge in [0.1, 0.15) is 6.04 Å². The number of nitrogens with zero attached hydrogens (tertiary/aromatic N) is 1. The summed E-state index contributed by atoms with van der Waals surface area (Å²) in [5.41, 5.74) is 1.46. The van der Waals surface area contributed by atoms with Crippen LogP contribution >= 0.6 is 0 Å². The molecule has 0 spiro atoms. The van der Waals surface area contributed by atoms with Crippen LogP contribution in [0.1, 0.15) is 28.8 Å². The first-order valence-electron chi connectivity index (χ1n) is 6.73. The van der Waals surface area contributed by atoms with Crippen molar-refractivity contribution in [1.29, 1.82) is 0 Å². The number of amides is 4. The van der Waals surface area contributed by atoms with E-state index in [0.717, 1.165) is 0 Å². The minimum Gasteiger partial charge on any atom is -0.465 e. The lowest BCUT2D eigenvalue weighted by atomic mass is 10.0. The van der Waals surface area contributed by atoms with Crippen LogP contribution in [0.25, 0.3) is 0 Å². The van der Waals surface area contributed by atoms with Gasteiger partial charge in [0.25, 0.3) is 5.91 Å². The van der Waals surface area contributed by atoms with E-state index in [1.54, 1.807) is 6.07 Å². The highest BCUT2D eigenvalue weighted by molar-refractivity contribution is 6.05. The van der Waals surface area contributed by atoms with Crippen molar-refractivity contribution in [3.8, 4) is 0 Å². The fourth-order valence-electron chi connectivity index (χ4n) is 2.78. The summed E-state index contributed by atoms with van der Waals surface area (Å²) in [6.07, 6.45) is -0.696. The van der Waals surface area contributed by atoms with Crippen molar-refractivity contribution >= 4 is 29.5 Å². The highest BCUT2D eigenvalue weighted by Crippen LogP contribution is 2.29. The summed E-state index contributed by atoms with van der Waals surface area (Å²) >= 11 is 0. The third kappa shape index (κ3) is 2.39. The Hall–Kier alpha value is -2.90. The predicted molar refractivity (Wildman–Crippen MR) is 74.1 cm³/mol. The lowest BCUT2D eigenvalue weighted by Crippen LogP contribution is -2.52. The first-order valence-corrected chi connectivity index (χ1v) is 6.73. The van der Waals surface area contributed by atoms with Gasteiger partial charge in [-0.2, -0.15) is 0 Å². The van der Waals surface area contributed by atoms with E-state index >= 15 is 0 Å².